The normalized spacial score (nSPS) is 17.0. The number of hydrogen-bond acceptors (Lipinski definition) is 1. The number of halogens is 5. The molecule has 0 N–H and O–H groups in total. The van der Waals surface area contributed by atoms with Gasteiger partial charge in [0.25, 0.3) is 0 Å². The van der Waals surface area contributed by atoms with Gasteiger partial charge in [-0.1, -0.05) is 76.0 Å². The van der Waals surface area contributed by atoms with Crippen molar-refractivity contribution in [2.24, 2.45) is 11.8 Å². The first kappa shape index (κ1) is 34.3. The Morgan fingerprint density at radius 2 is 1.36 bits per heavy atom. The average Bonchev–Trinajstić information content (AvgIpc) is 2.60. The van der Waals surface area contributed by atoms with Crippen molar-refractivity contribution < 1.29 is 23.5 Å². The van der Waals surface area contributed by atoms with Gasteiger partial charge in [-0.05, 0) is 60.7 Å². The third kappa shape index (κ3) is 14.8. The van der Waals surface area contributed by atoms with Crippen LogP contribution in [0.3, 0.4) is 0 Å². The summed E-state index contributed by atoms with van der Waals surface area (Å²) in [7, 11) is 0. The zero-order valence-corrected chi connectivity index (χ0v) is 17.6. The van der Waals surface area contributed by atoms with E-state index in [1.807, 2.05) is 0 Å². The molecule has 1 aromatic rings. The third-order valence-electron chi connectivity index (χ3n) is 4.99. The van der Waals surface area contributed by atoms with Gasteiger partial charge in [0.2, 0.25) is 0 Å². The van der Waals surface area contributed by atoms with Crippen molar-refractivity contribution in [2.45, 2.75) is 82.4 Å². The molecule has 0 atom stereocenters. The summed E-state index contributed by atoms with van der Waals surface area (Å²) >= 11 is 1.68. The molecule has 6 heteroatoms. The van der Waals surface area contributed by atoms with Gasteiger partial charge in [-0.15, -0.1) is 0 Å². The van der Waals surface area contributed by atoms with Gasteiger partial charge in [0.15, 0.2) is 0 Å². The minimum atomic E-state index is 0. The fraction of sp³-hybridized carbons (Fsp3) is 0.636. The van der Waals surface area contributed by atoms with Crippen molar-refractivity contribution in [1.29, 1.82) is 0 Å². The summed E-state index contributed by atoms with van der Waals surface area (Å²) in [6, 6.07) is 10.5. The van der Waals surface area contributed by atoms with Crippen molar-refractivity contribution in [3.63, 3.8) is 0 Å². The second kappa shape index (κ2) is 22.1. The Kier molecular flexibility index (Phi) is 27.0. The molecule has 0 spiro atoms. The molecule has 2 rings (SSSR count). The maximum Gasteiger partial charge on any atom is 0.0212 e. The lowest BCUT2D eigenvalue weighted by Gasteiger charge is -2.25. The maximum atomic E-state index is 3.49. The molecule has 0 aromatic heterocycles. The molecule has 1 aliphatic rings. The van der Waals surface area contributed by atoms with Crippen LogP contribution in [0.15, 0.2) is 35.2 Å². The summed E-state index contributed by atoms with van der Waals surface area (Å²) in [5.41, 5.74) is 0. The molecule has 166 valence electrons. The molecule has 0 amide bonds. The Morgan fingerprint density at radius 1 is 0.786 bits per heavy atom. The second-order valence-corrected chi connectivity index (χ2v) is 7.82. The van der Waals surface area contributed by atoms with Crippen molar-refractivity contribution in [3.8, 4) is 11.2 Å². The highest BCUT2D eigenvalue weighted by atomic mass is 32.2. The van der Waals surface area contributed by atoms with Crippen LogP contribution in [-0.2, 0) is 0 Å². The van der Waals surface area contributed by atoms with Crippen molar-refractivity contribution in [3.05, 3.63) is 30.3 Å². The van der Waals surface area contributed by atoms with Crippen molar-refractivity contribution in [2.75, 3.05) is 0 Å². The van der Waals surface area contributed by atoms with E-state index in [4.69, 9.17) is 0 Å². The zero-order chi connectivity index (χ0) is 16.2. The molecule has 1 aromatic carbocycles. The number of thioether (sulfide) groups is 1. The minimum Gasteiger partial charge on any atom is -0.269 e. The maximum absolute atomic E-state index is 3.49. The zero-order valence-electron chi connectivity index (χ0n) is 16.8. The summed E-state index contributed by atoms with van der Waals surface area (Å²) < 4.78 is 0. The van der Waals surface area contributed by atoms with E-state index in [1.54, 1.807) is 11.8 Å². The number of unbranched alkanes of at least 4 members (excludes halogenated alkanes) is 5. The van der Waals surface area contributed by atoms with Crippen LogP contribution in [0.2, 0.25) is 0 Å². The molecular formula is C22H37F5S. The SMILES string of the molecule is CCCCCCCCC1CCC(C#CSc2ccccc2)CC1.F.F.F.F.F. The topological polar surface area (TPSA) is 0 Å². The molecule has 28 heavy (non-hydrogen) atoms. The van der Waals surface area contributed by atoms with E-state index in [0.717, 1.165) is 5.92 Å². The first-order chi connectivity index (χ1) is 11.4. The molecule has 1 saturated carbocycles. The fourth-order valence-electron chi connectivity index (χ4n) is 3.47. The van der Waals surface area contributed by atoms with Crippen LogP contribution in [0.1, 0.15) is 77.6 Å². The van der Waals surface area contributed by atoms with E-state index in [-0.39, 0.29) is 23.5 Å². The van der Waals surface area contributed by atoms with E-state index in [1.165, 1.54) is 75.5 Å². The van der Waals surface area contributed by atoms with E-state index in [2.05, 4.69) is 48.4 Å². The third-order valence-corrected chi connectivity index (χ3v) is 5.72. The summed E-state index contributed by atoms with van der Waals surface area (Å²) in [5, 5.41) is 3.32. The average molecular weight is 429 g/mol. The van der Waals surface area contributed by atoms with E-state index in [9.17, 15) is 0 Å². The highest BCUT2D eigenvalue weighted by Gasteiger charge is 2.19. The molecule has 0 aliphatic heterocycles. The molecule has 1 fully saturated rings. The van der Waals surface area contributed by atoms with Gasteiger partial charge >= 0.3 is 0 Å². The van der Waals surface area contributed by atoms with E-state index in [0.29, 0.717) is 5.92 Å². The number of benzene rings is 1. The van der Waals surface area contributed by atoms with Crippen LogP contribution in [-0.4, -0.2) is 0 Å². The van der Waals surface area contributed by atoms with Crippen LogP contribution in [0.4, 0.5) is 23.5 Å². The Morgan fingerprint density at radius 3 is 1.96 bits per heavy atom. The van der Waals surface area contributed by atoms with Crippen LogP contribution in [0, 0.1) is 23.0 Å². The molecule has 0 saturated heterocycles. The molecule has 0 radical (unpaired) electrons. The Labute approximate surface area is 171 Å². The first-order valence-electron chi connectivity index (χ1n) is 9.61. The predicted octanol–water partition coefficient (Wildman–Crippen LogP) is 8.06. The van der Waals surface area contributed by atoms with Crippen LogP contribution >= 0.6 is 11.8 Å². The minimum absolute atomic E-state index is 0. The molecule has 0 bridgehead atoms. The Bertz CT molecular complexity index is 479. The second-order valence-electron chi connectivity index (χ2n) is 6.94. The highest BCUT2D eigenvalue weighted by Crippen LogP contribution is 2.32. The summed E-state index contributed by atoms with van der Waals surface area (Å²) in [6.07, 6.45) is 15.5. The summed E-state index contributed by atoms with van der Waals surface area (Å²) in [4.78, 5) is 1.26. The Hall–Kier alpha value is -1.22. The molecule has 0 heterocycles. The smallest absolute Gasteiger partial charge is 0.0212 e. The van der Waals surface area contributed by atoms with Crippen LogP contribution in [0.25, 0.3) is 0 Å². The highest BCUT2D eigenvalue weighted by molar-refractivity contribution is 8.03. The van der Waals surface area contributed by atoms with Crippen molar-refractivity contribution >= 4 is 11.8 Å². The number of hydrogen-bond donors (Lipinski definition) is 0. The molecular weight excluding hydrogens is 391 g/mol. The quantitative estimate of drug-likeness (QED) is 0.175. The lowest BCUT2D eigenvalue weighted by molar-refractivity contribution is 0.294. The monoisotopic (exact) mass is 428 g/mol. The van der Waals surface area contributed by atoms with Crippen LogP contribution < -0.4 is 0 Å². The summed E-state index contributed by atoms with van der Waals surface area (Å²) in [5.74, 6) is 5.13. The van der Waals surface area contributed by atoms with Gasteiger partial charge in [0.05, 0.1) is 0 Å². The predicted molar refractivity (Wildman–Crippen MR) is 116 cm³/mol. The molecule has 0 unspecified atom stereocenters. The van der Waals surface area contributed by atoms with Gasteiger partial charge < -0.3 is 0 Å². The first-order valence-corrected chi connectivity index (χ1v) is 10.4. The standard InChI is InChI=1S/C22H32S.5FH/c1-2-3-4-5-6-8-11-20-14-16-21(17-15-20)18-19-23-22-12-9-7-10-13-22;;;;;/h7,9-10,12-13,20-21H,2-6,8,11,14-17H2,1H3;5*1H. The lowest BCUT2D eigenvalue weighted by Crippen LogP contribution is -2.13. The van der Waals surface area contributed by atoms with E-state index < -0.39 is 0 Å². The van der Waals surface area contributed by atoms with Gasteiger partial charge in [0.1, 0.15) is 0 Å². The van der Waals surface area contributed by atoms with Gasteiger partial charge in [0, 0.05) is 10.8 Å². The van der Waals surface area contributed by atoms with Gasteiger partial charge in [-0.2, -0.15) is 0 Å². The Balaban J connectivity index is -0.000000576. The van der Waals surface area contributed by atoms with Gasteiger partial charge in [-0.3, -0.25) is 23.5 Å². The largest absolute Gasteiger partial charge is 0.269 e. The van der Waals surface area contributed by atoms with Gasteiger partial charge in [-0.25, -0.2) is 0 Å². The molecule has 1 aliphatic carbocycles. The van der Waals surface area contributed by atoms with Crippen molar-refractivity contribution in [1.82, 2.24) is 0 Å². The lowest BCUT2D eigenvalue weighted by atomic mass is 9.80. The fourth-order valence-corrected chi connectivity index (χ4v) is 4.11. The molecule has 0 nitrogen and oxygen atoms in total. The summed E-state index contributed by atoms with van der Waals surface area (Å²) in [6.45, 7) is 2.29. The van der Waals surface area contributed by atoms with E-state index >= 15 is 0 Å². The van der Waals surface area contributed by atoms with Crippen LogP contribution in [0.5, 0.6) is 0 Å². The number of rotatable bonds is 8.